The van der Waals surface area contributed by atoms with Crippen LogP contribution in [0, 0.1) is 11.8 Å². The van der Waals surface area contributed by atoms with Crippen LogP contribution in [0.2, 0.25) is 0 Å². The largest absolute Gasteiger partial charge is 0.504 e. The number of rotatable bonds is 2. The normalized spacial score (nSPS) is 39.3. The molecule has 12 aliphatic rings. The number of hydrogen-bond acceptors (Lipinski definition) is 15. The van der Waals surface area contributed by atoms with Gasteiger partial charge >= 0.3 is 10.4 Å². The van der Waals surface area contributed by atoms with Gasteiger partial charge in [0.2, 0.25) is 0 Å². The van der Waals surface area contributed by atoms with Crippen LogP contribution in [-0.2, 0) is 50.7 Å². The molecule has 71 heavy (non-hydrogen) atoms. The number of nitrogens with zero attached hydrogens (tertiary/aromatic N) is 3. The van der Waals surface area contributed by atoms with E-state index in [0.29, 0.717) is 66.9 Å². The number of ether oxygens (including phenoxy) is 3. The Morgan fingerprint density at radius 3 is 1.62 bits per heavy atom. The minimum atomic E-state index is -4.67. The molecule has 6 heterocycles. The predicted molar refractivity (Wildman–Crippen MR) is 257 cm³/mol. The van der Waals surface area contributed by atoms with Crippen molar-refractivity contribution in [3.63, 3.8) is 0 Å². The first-order chi connectivity index (χ1) is 33.8. The summed E-state index contributed by atoms with van der Waals surface area (Å²) in [6.45, 7) is 7.38. The highest BCUT2D eigenvalue weighted by Crippen LogP contribution is 2.66. The SMILES string of the molecule is C=CCN1CC[C@]23c4c5ccc(O)c4O[C@H]2C(=O)CC[C@@]3(O)[C@H]1C5.CN1CC[C@]23c4c5ccc(O)c4O[C@H]2[C@@H](O)C=C[C@H]3[C@H]1C5.CN1CC[C@]23c4c5ccc(O)c4O[C@H]2[C@@H](O)C=C[C@H]3[C@H]1C5.O=S(=O)(O)O. The second-order valence-electron chi connectivity index (χ2n) is 21.9. The van der Waals surface area contributed by atoms with Gasteiger partial charge in [0.1, 0.15) is 24.4 Å². The molecule has 1 saturated carbocycles. The molecule has 0 radical (unpaired) electrons. The lowest BCUT2D eigenvalue weighted by molar-refractivity contribution is -0.187. The molecule has 3 aromatic carbocycles. The molecule has 0 aromatic heterocycles. The van der Waals surface area contributed by atoms with Crippen molar-refractivity contribution >= 4 is 16.2 Å². The third kappa shape index (κ3) is 6.32. The second kappa shape index (κ2) is 16.0. The Bertz CT molecular complexity index is 2820. The Morgan fingerprint density at radius 1 is 0.676 bits per heavy atom. The highest BCUT2D eigenvalue weighted by atomic mass is 32.3. The number of aliphatic hydroxyl groups is 3. The summed E-state index contributed by atoms with van der Waals surface area (Å²) in [5.74, 6) is 2.91. The van der Waals surface area contributed by atoms with Gasteiger partial charge in [-0.25, -0.2) is 0 Å². The number of piperidine rings is 3. The van der Waals surface area contributed by atoms with Crippen LogP contribution in [0.4, 0.5) is 0 Å². The Balaban J connectivity index is 0.000000104. The van der Waals surface area contributed by atoms with Crippen molar-refractivity contribution in [2.45, 2.75) is 122 Å². The Kier molecular flexibility index (Phi) is 10.6. The molecular formula is C53H61N3O14S. The van der Waals surface area contributed by atoms with Gasteiger partial charge in [0.05, 0.1) is 11.0 Å². The summed E-state index contributed by atoms with van der Waals surface area (Å²) in [6.07, 6.45) is 13.7. The third-order valence-electron chi connectivity index (χ3n) is 19.0. The van der Waals surface area contributed by atoms with Crippen molar-refractivity contribution in [3.05, 3.63) is 107 Å². The van der Waals surface area contributed by atoms with E-state index in [4.69, 9.17) is 31.7 Å². The minimum Gasteiger partial charge on any atom is -0.504 e. The molecule has 378 valence electrons. The van der Waals surface area contributed by atoms with E-state index in [1.807, 2.05) is 36.4 Å². The average Bonchev–Trinajstić information content (AvgIpc) is 4.00. The lowest BCUT2D eigenvalue weighted by Crippen LogP contribution is -2.76. The summed E-state index contributed by atoms with van der Waals surface area (Å²) in [7, 11) is -0.291. The molecule has 3 aromatic rings. The zero-order valence-corrected chi connectivity index (χ0v) is 40.4. The van der Waals surface area contributed by atoms with E-state index in [2.05, 4.69) is 47.5 Å². The first-order valence-corrected chi connectivity index (χ1v) is 26.2. The Morgan fingerprint density at radius 2 is 1.14 bits per heavy atom. The van der Waals surface area contributed by atoms with Gasteiger partial charge < -0.3 is 54.6 Å². The van der Waals surface area contributed by atoms with Gasteiger partial charge in [0, 0.05) is 77.0 Å². The topological polar surface area (TPSA) is 250 Å². The van der Waals surface area contributed by atoms with Crippen molar-refractivity contribution in [3.8, 4) is 34.5 Å². The van der Waals surface area contributed by atoms with Crippen LogP contribution in [0.1, 0.15) is 65.5 Å². The fraction of sp³-hybridized carbons (Fsp3) is 0.528. The summed E-state index contributed by atoms with van der Waals surface area (Å²) in [6, 6.07) is 12.0. The molecule has 0 amide bonds. The third-order valence-corrected chi connectivity index (χ3v) is 19.0. The highest BCUT2D eigenvalue weighted by Gasteiger charge is 2.73. The number of hydrogen-bond donors (Lipinski definition) is 8. The van der Waals surface area contributed by atoms with Crippen molar-refractivity contribution < 1.29 is 67.2 Å². The van der Waals surface area contributed by atoms with Gasteiger partial charge in [-0.05, 0) is 107 Å². The van der Waals surface area contributed by atoms with Gasteiger partial charge in [0.25, 0.3) is 0 Å². The maximum Gasteiger partial charge on any atom is 0.394 e. The number of benzene rings is 3. The van der Waals surface area contributed by atoms with Crippen LogP contribution >= 0.6 is 0 Å². The standard InChI is InChI=1S/C19H21NO4.2C17H19NO3.H2O4S/c1-2-8-20-9-7-18-15-11-3-4-12(21)16(15)24-17(18)13(22)5-6-19(18,23)14(20)10-11;2*1-18-7-6-17-10-3-5-13(20)16(17)21-15-12(19)4-2-9(14(15)17)8-11(10)18;1-5(2,3)4/h2-4,14,17,21,23H,1,5-10H2;2*2-5,10-11,13,16,19-20H,6-8H2,1H3;(H2,1,2,3,4)/t14-,17+,18+,19-;2*10-,11+,13-,16-,17-;/m100./s1. The van der Waals surface area contributed by atoms with Crippen molar-refractivity contribution in [1.82, 2.24) is 14.7 Å². The van der Waals surface area contributed by atoms with Gasteiger partial charge in [-0.15, -0.1) is 6.58 Å². The van der Waals surface area contributed by atoms with Crippen LogP contribution < -0.4 is 14.2 Å². The van der Waals surface area contributed by atoms with Crippen LogP contribution in [0.25, 0.3) is 0 Å². The van der Waals surface area contributed by atoms with E-state index in [0.717, 1.165) is 63.0 Å². The number of likely N-dealkylation sites (N-methyl/N-ethyl adjacent to an activating group) is 2. The molecule has 18 heteroatoms. The fourth-order valence-electron chi connectivity index (χ4n) is 16.3. The smallest absolute Gasteiger partial charge is 0.394 e. The molecular weight excluding hydrogens is 935 g/mol. The first-order valence-electron chi connectivity index (χ1n) is 24.8. The molecule has 4 fully saturated rings. The predicted octanol–water partition coefficient (Wildman–Crippen LogP) is 3.04. The first kappa shape index (κ1) is 47.0. The van der Waals surface area contributed by atoms with Gasteiger partial charge in [-0.2, -0.15) is 8.42 Å². The van der Waals surface area contributed by atoms with Gasteiger partial charge in [-0.1, -0.05) is 48.6 Å². The van der Waals surface area contributed by atoms with Gasteiger partial charge in [0.15, 0.2) is 46.4 Å². The van der Waals surface area contributed by atoms with Crippen molar-refractivity contribution in [1.29, 1.82) is 0 Å². The van der Waals surface area contributed by atoms with E-state index in [1.54, 1.807) is 18.2 Å². The van der Waals surface area contributed by atoms with Gasteiger partial charge in [-0.3, -0.25) is 18.8 Å². The molecule has 15 rings (SSSR count). The molecule has 8 N–H and O–H groups in total. The molecule has 3 saturated heterocycles. The zero-order valence-electron chi connectivity index (χ0n) is 39.6. The summed E-state index contributed by atoms with van der Waals surface area (Å²) in [4.78, 5) is 19.8. The van der Waals surface area contributed by atoms with Crippen molar-refractivity contribution in [2.24, 2.45) is 11.8 Å². The summed E-state index contributed by atoms with van der Waals surface area (Å²) in [5.41, 5.74) is 4.84. The quantitative estimate of drug-likeness (QED) is 0.136. The molecule has 6 aliphatic heterocycles. The number of aliphatic hydroxyl groups excluding tert-OH is 2. The highest BCUT2D eigenvalue weighted by molar-refractivity contribution is 7.79. The number of likely N-dealkylation sites (tertiary alicyclic amines) is 3. The number of aromatic hydroxyl groups is 3. The van der Waals surface area contributed by atoms with Crippen LogP contribution in [0.3, 0.4) is 0 Å². The Labute approximate surface area is 411 Å². The number of carbonyl (C=O) groups is 1. The number of carbonyl (C=O) groups excluding carboxylic acids is 1. The van der Waals surface area contributed by atoms with Crippen LogP contribution in [0.15, 0.2) is 73.4 Å². The van der Waals surface area contributed by atoms with E-state index >= 15 is 0 Å². The molecule has 6 aliphatic carbocycles. The van der Waals surface area contributed by atoms with E-state index < -0.39 is 39.7 Å². The fourth-order valence-corrected chi connectivity index (χ4v) is 16.3. The second-order valence-corrected chi connectivity index (χ2v) is 22.8. The number of phenols is 3. The molecule has 6 bridgehead atoms. The minimum absolute atomic E-state index is 0.0408. The maximum absolute atomic E-state index is 12.6. The monoisotopic (exact) mass is 995 g/mol. The molecule has 14 atom stereocenters. The number of phenolic OH excluding ortho intramolecular Hbond substituents is 3. The van der Waals surface area contributed by atoms with E-state index in [9.17, 15) is 35.4 Å². The lowest BCUT2D eigenvalue weighted by Gasteiger charge is -2.62. The van der Waals surface area contributed by atoms with Crippen LogP contribution in [-0.4, -0.2) is 163 Å². The summed E-state index contributed by atoms with van der Waals surface area (Å²) < 4.78 is 49.7. The average molecular weight is 996 g/mol. The van der Waals surface area contributed by atoms with Crippen molar-refractivity contribution in [2.75, 3.05) is 40.3 Å². The van der Waals surface area contributed by atoms with E-state index in [-0.39, 0.29) is 52.1 Å². The Hall–Kier alpha value is -5.02. The number of Topliss-reactive ketones (excluding diaryl/α,β-unsaturated/α-hetero) is 1. The summed E-state index contributed by atoms with van der Waals surface area (Å²) in [5, 5.41) is 63.4. The molecule has 3 spiro atoms. The maximum atomic E-state index is 12.6. The number of ketones is 1. The molecule has 17 nitrogen and oxygen atoms in total. The van der Waals surface area contributed by atoms with E-state index in [1.165, 1.54) is 22.3 Å². The van der Waals surface area contributed by atoms with Crippen LogP contribution in [0.5, 0.6) is 34.5 Å². The zero-order chi connectivity index (χ0) is 49.9. The molecule has 0 unspecified atom stereocenters. The summed E-state index contributed by atoms with van der Waals surface area (Å²) >= 11 is 0. The lowest BCUT2D eigenvalue weighted by atomic mass is 9.49.